The van der Waals surface area contributed by atoms with Gasteiger partial charge in [0.2, 0.25) is 20.0 Å². The van der Waals surface area contributed by atoms with E-state index in [4.69, 9.17) is 4.74 Å². The Kier molecular flexibility index (Phi) is 7.24. The quantitative estimate of drug-likeness (QED) is 0.413. The molecule has 1 aliphatic heterocycles. The van der Waals surface area contributed by atoms with Crippen molar-refractivity contribution in [1.29, 1.82) is 0 Å². The van der Waals surface area contributed by atoms with Gasteiger partial charge in [-0.05, 0) is 43.2 Å². The van der Waals surface area contributed by atoms with E-state index in [2.05, 4.69) is 10.3 Å². The largest absolute Gasteiger partial charge is 0.494 e. The van der Waals surface area contributed by atoms with Crippen molar-refractivity contribution in [3.63, 3.8) is 0 Å². The Balaban J connectivity index is 1.81. The standard InChI is InChI=1S/C21H24N4O8S4/c1-33-17-7-6-8-18-19(17)22-21(34-18)23-20(26)15-13-14(9-10-16(15)24-11-4-5-12-24)37(31,32)25(35(2,27)28)36(3,29)30/h6-10,13H,4-5,11-12H2,1-3H3,(H,22,23,26). The summed E-state index contributed by atoms with van der Waals surface area (Å²) in [6.45, 7) is 1.26. The van der Waals surface area contributed by atoms with Crippen LogP contribution in [0, 0.1) is 0 Å². The molecule has 0 saturated carbocycles. The normalized spacial score (nSPS) is 14.9. The van der Waals surface area contributed by atoms with Gasteiger partial charge in [0.25, 0.3) is 15.9 Å². The third kappa shape index (κ3) is 5.43. The molecular formula is C21H24N4O8S4. The van der Waals surface area contributed by atoms with E-state index in [-0.39, 0.29) is 10.7 Å². The lowest BCUT2D eigenvalue weighted by Crippen LogP contribution is -2.40. The summed E-state index contributed by atoms with van der Waals surface area (Å²) < 4.78 is 80.4. The lowest BCUT2D eigenvalue weighted by molar-refractivity contribution is 0.102. The number of sulfonamides is 3. The van der Waals surface area contributed by atoms with Crippen LogP contribution in [0.4, 0.5) is 10.8 Å². The molecule has 0 radical (unpaired) electrons. The first-order chi connectivity index (χ1) is 17.2. The number of rotatable bonds is 8. The molecular weight excluding hydrogens is 565 g/mol. The van der Waals surface area contributed by atoms with E-state index in [0.717, 1.165) is 29.7 Å². The fraction of sp³-hybridized carbons (Fsp3) is 0.333. The van der Waals surface area contributed by atoms with Gasteiger partial charge in [-0.2, -0.15) is 0 Å². The van der Waals surface area contributed by atoms with E-state index >= 15 is 0 Å². The number of amides is 1. The highest BCUT2D eigenvalue weighted by molar-refractivity contribution is 8.17. The molecule has 1 aliphatic rings. The molecule has 200 valence electrons. The van der Waals surface area contributed by atoms with Gasteiger partial charge >= 0.3 is 0 Å². The molecule has 1 saturated heterocycles. The van der Waals surface area contributed by atoms with E-state index in [0.29, 0.717) is 42.6 Å². The number of methoxy groups -OCH3 is 1. The third-order valence-corrected chi connectivity index (χ3v) is 13.2. The fourth-order valence-electron chi connectivity index (χ4n) is 4.09. The average Bonchev–Trinajstić information content (AvgIpc) is 3.45. The summed E-state index contributed by atoms with van der Waals surface area (Å²) in [6.07, 6.45) is 2.68. The first-order valence-corrected chi connectivity index (χ1v) is 16.8. The number of thiazole rings is 1. The monoisotopic (exact) mass is 588 g/mol. The number of aromatic nitrogens is 1. The van der Waals surface area contributed by atoms with Crippen LogP contribution in [0.2, 0.25) is 0 Å². The second-order valence-electron chi connectivity index (χ2n) is 8.32. The maximum absolute atomic E-state index is 13.4. The van der Waals surface area contributed by atoms with Crippen LogP contribution in [-0.2, 0) is 30.1 Å². The minimum absolute atomic E-state index is 0.0730. The van der Waals surface area contributed by atoms with Crippen LogP contribution >= 0.6 is 11.3 Å². The number of nitrogens with zero attached hydrogens (tertiary/aromatic N) is 3. The summed E-state index contributed by atoms with van der Waals surface area (Å²) >= 11 is 1.19. The van der Waals surface area contributed by atoms with Gasteiger partial charge < -0.3 is 9.64 Å². The topological polar surface area (TPSA) is 160 Å². The molecule has 1 amide bonds. The third-order valence-electron chi connectivity index (χ3n) is 5.52. The number of hydrogen-bond acceptors (Lipinski definition) is 11. The second-order valence-corrected chi connectivity index (χ2v) is 15.5. The number of carbonyl (C=O) groups excluding carboxylic acids is 1. The van der Waals surface area contributed by atoms with Gasteiger partial charge in [0, 0.05) is 21.9 Å². The second kappa shape index (κ2) is 9.83. The maximum atomic E-state index is 13.4. The van der Waals surface area contributed by atoms with Crippen molar-refractivity contribution < 1.29 is 34.8 Å². The highest BCUT2D eigenvalue weighted by Crippen LogP contribution is 2.34. The van der Waals surface area contributed by atoms with Crippen LogP contribution in [0.1, 0.15) is 23.2 Å². The minimum atomic E-state index is -5.09. The molecule has 0 bridgehead atoms. The summed E-state index contributed by atoms with van der Waals surface area (Å²) in [6, 6.07) is 8.75. The van der Waals surface area contributed by atoms with Gasteiger partial charge in [-0.1, -0.05) is 17.4 Å². The Bertz CT molecular complexity index is 1660. The Morgan fingerprint density at radius 1 is 1.03 bits per heavy atom. The molecule has 0 unspecified atom stereocenters. The molecule has 2 heterocycles. The average molecular weight is 589 g/mol. The molecule has 1 aromatic heterocycles. The van der Waals surface area contributed by atoms with E-state index in [1.807, 2.05) is 4.90 Å². The summed E-state index contributed by atoms with van der Waals surface area (Å²) in [5, 5.41) is 2.91. The molecule has 1 N–H and O–H groups in total. The predicted molar refractivity (Wildman–Crippen MR) is 141 cm³/mol. The number of hydrogen-bond donors (Lipinski definition) is 1. The van der Waals surface area contributed by atoms with Crippen molar-refractivity contribution in [1.82, 2.24) is 8.10 Å². The number of fused-ring (bicyclic) bond motifs is 1. The van der Waals surface area contributed by atoms with E-state index < -0.39 is 44.0 Å². The van der Waals surface area contributed by atoms with Gasteiger partial charge in [-0.3, -0.25) is 10.1 Å². The molecule has 0 atom stereocenters. The number of carbonyl (C=O) groups is 1. The summed E-state index contributed by atoms with van der Waals surface area (Å²) in [5.74, 6) is -0.177. The van der Waals surface area contributed by atoms with Crippen LogP contribution in [-0.4, -0.2) is 72.0 Å². The number of ether oxygens (including phenoxy) is 1. The molecule has 1 fully saturated rings. The molecule has 2 aromatic carbocycles. The highest BCUT2D eigenvalue weighted by atomic mass is 32.3. The van der Waals surface area contributed by atoms with Crippen molar-refractivity contribution in [2.45, 2.75) is 17.7 Å². The van der Waals surface area contributed by atoms with Crippen molar-refractivity contribution in [2.75, 3.05) is 42.9 Å². The smallest absolute Gasteiger partial charge is 0.269 e. The maximum Gasteiger partial charge on any atom is 0.269 e. The molecule has 12 nitrogen and oxygen atoms in total. The number of para-hydroxylation sites is 1. The molecule has 16 heteroatoms. The summed E-state index contributed by atoms with van der Waals surface area (Å²) in [5.41, 5.74) is 0.896. The van der Waals surface area contributed by atoms with Gasteiger partial charge in [-0.15, -0.1) is 0 Å². The van der Waals surface area contributed by atoms with E-state index in [9.17, 15) is 30.0 Å². The van der Waals surface area contributed by atoms with Crippen molar-refractivity contribution >= 4 is 68.3 Å². The van der Waals surface area contributed by atoms with E-state index in [1.54, 1.807) is 18.2 Å². The Hall–Kier alpha value is -2.79. The van der Waals surface area contributed by atoms with Crippen molar-refractivity contribution in [2.24, 2.45) is 0 Å². The molecule has 0 spiro atoms. The van der Waals surface area contributed by atoms with Crippen molar-refractivity contribution in [3.05, 3.63) is 42.0 Å². The van der Waals surface area contributed by atoms with E-state index in [1.165, 1.54) is 24.5 Å². The number of nitrogens with one attached hydrogen (secondary N) is 1. The molecule has 4 rings (SSSR count). The Labute approximate surface area is 219 Å². The zero-order valence-corrected chi connectivity index (χ0v) is 23.3. The Morgan fingerprint density at radius 2 is 1.68 bits per heavy atom. The van der Waals surface area contributed by atoms with Crippen LogP contribution in [0.25, 0.3) is 10.2 Å². The first-order valence-electron chi connectivity index (χ1n) is 10.8. The summed E-state index contributed by atoms with van der Waals surface area (Å²) in [4.78, 5) is 19.1. The molecule has 3 aromatic rings. The minimum Gasteiger partial charge on any atom is -0.494 e. The van der Waals surface area contributed by atoms with Gasteiger partial charge in [0.05, 0.1) is 34.8 Å². The van der Waals surface area contributed by atoms with Crippen LogP contribution < -0.4 is 15.0 Å². The number of benzene rings is 2. The number of anilines is 2. The van der Waals surface area contributed by atoms with Gasteiger partial charge in [0.1, 0.15) is 11.3 Å². The lowest BCUT2D eigenvalue weighted by Gasteiger charge is -2.23. The summed E-state index contributed by atoms with van der Waals surface area (Å²) in [7, 11) is -13.1. The van der Waals surface area contributed by atoms with Gasteiger partial charge in [-0.25, -0.2) is 30.2 Å². The molecule has 37 heavy (non-hydrogen) atoms. The van der Waals surface area contributed by atoms with Crippen LogP contribution in [0.5, 0.6) is 5.75 Å². The molecule has 0 aliphatic carbocycles. The Morgan fingerprint density at radius 3 is 2.27 bits per heavy atom. The first kappa shape index (κ1) is 27.3. The van der Waals surface area contributed by atoms with Crippen molar-refractivity contribution in [3.8, 4) is 5.75 Å². The fourth-order valence-corrected chi connectivity index (χ4v) is 11.0. The predicted octanol–water partition coefficient (Wildman–Crippen LogP) is 2.07. The zero-order valence-electron chi connectivity index (χ0n) is 20.0. The van der Waals surface area contributed by atoms with Gasteiger partial charge in [0.15, 0.2) is 5.13 Å². The lowest BCUT2D eigenvalue weighted by atomic mass is 10.1. The SMILES string of the molecule is COc1cccc2sc(NC(=O)c3cc(S(=O)(=O)N(S(C)(=O)=O)S(C)(=O)=O)ccc3N3CCCC3)nc12. The zero-order chi connectivity index (χ0) is 27.2. The van der Waals surface area contributed by atoms with Crippen LogP contribution in [0.15, 0.2) is 41.3 Å². The highest BCUT2D eigenvalue weighted by Gasteiger charge is 2.41. The van der Waals surface area contributed by atoms with Crippen LogP contribution in [0.3, 0.4) is 0 Å².